The fourth-order valence-electron chi connectivity index (χ4n) is 2.17. The highest BCUT2D eigenvalue weighted by atomic mass is 32.2. The molecule has 1 heterocycles. The first-order valence-corrected chi connectivity index (χ1v) is 7.71. The van der Waals surface area contributed by atoms with Crippen LogP contribution in [-0.2, 0) is 15.6 Å². The maximum Gasteiger partial charge on any atom is 0.189 e. The van der Waals surface area contributed by atoms with Gasteiger partial charge in [0.2, 0.25) is 0 Å². The molecule has 1 aliphatic heterocycles. The highest BCUT2D eigenvalue weighted by Crippen LogP contribution is 2.36. The van der Waals surface area contributed by atoms with Crippen LogP contribution in [0.2, 0.25) is 0 Å². The van der Waals surface area contributed by atoms with Gasteiger partial charge in [-0.25, -0.2) is 8.42 Å². The van der Waals surface area contributed by atoms with Crippen LogP contribution in [0.15, 0.2) is 12.1 Å². The summed E-state index contributed by atoms with van der Waals surface area (Å²) >= 11 is 0. The monoisotopic (exact) mass is 254 g/mol. The number of ether oxygens (including phenoxy) is 1. The molecule has 0 spiro atoms. The Morgan fingerprint density at radius 3 is 2.76 bits per heavy atom. The van der Waals surface area contributed by atoms with Crippen molar-refractivity contribution < 1.29 is 13.2 Å². The van der Waals surface area contributed by atoms with E-state index in [-0.39, 0.29) is 11.7 Å². The van der Waals surface area contributed by atoms with E-state index < -0.39 is 9.84 Å². The van der Waals surface area contributed by atoms with Crippen molar-refractivity contribution in [2.75, 3.05) is 5.94 Å². The lowest BCUT2D eigenvalue weighted by Crippen LogP contribution is -2.22. The summed E-state index contributed by atoms with van der Waals surface area (Å²) in [6.45, 7) is 6.26. The van der Waals surface area contributed by atoms with Crippen molar-refractivity contribution in [2.24, 2.45) is 0 Å². The summed E-state index contributed by atoms with van der Waals surface area (Å²) in [7, 11) is -3.08. The molecule has 0 bridgehead atoms. The molecule has 1 aromatic carbocycles. The van der Waals surface area contributed by atoms with Gasteiger partial charge in [-0.1, -0.05) is 31.5 Å². The number of hydrogen-bond donors (Lipinski definition) is 0. The van der Waals surface area contributed by atoms with Crippen LogP contribution in [0.3, 0.4) is 0 Å². The smallest absolute Gasteiger partial charge is 0.189 e. The van der Waals surface area contributed by atoms with Crippen LogP contribution < -0.4 is 4.74 Å². The van der Waals surface area contributed by atoms with Gasteiger partial charge in [0.05, 0.1) is 5.75 Å². The Bertz CT molecular complexity index is 532. The predicted molar refractivity (Wildman–Crippen MR) is 68.0 cm³/mol. The summed E-state index contributed by atoms with van der Waals surface area (Å²) in [5.41, 5.74) is 3.05. The first-order valence-electron chi connectivity index (χ1n) is 5.89. The average molecular weight is 254 g/mol. The molecule has 3 nitrogen and oxygen atoms in total. The van der Waals surface area contributed by atoms with Gasteiger partial charge < -0.3 is 4.74 Å². The molecule has 94 valence electrons. The van der Waals surface area contributed by atoms with Crippen molar-refractivity contribution in [2.45, 2.75) is 38.9 Å². The lowest BCUT2D eigenvalue weighted by molar-refractivity contribution is 0.358. The highest BCUT2D eigenvalue weighted by molar-refractivity contribution is 7.90. The molecule has 2 rings (SSSR count). The first kappa shape index (κ1) is 12.4. The fourth-order valence-corrected chi connectivity index (χ4v) is 3.24. The normalized spacial score (nSPS) is 19.2. The molecule has 1 unspecified atom stereocenters. The second kappa shape index (κ2) is 4.33. The molecule has 0 aliphatic carbocycles. The number of hydrogen-bond acceptors (Lipinski definition) is 3. The highest BCUT2D eigenvalue weighted by Gasteiger charge is 2.26. The van der Waals surface area contributed by atoms with Crippen molar-refractivity contribution >= 4 is 9.84 Å². The number of sulfone groups is 1. The lowest BCUT2D eigenvalue weighted by Gasteiger charge is -2.23. The van der Waals surface area contributed by atoms with Crippen LogP contribution in [0, 0.1) is 6.92 Å². The van der Waals surface area contributed by atoms with Gasteiger partial charge >= 0.3 is 0 Å². The van der Waals surface area contributed by atoms with E-state index in [0.717, 1.165) is 28.9 Å². The maximum atomic E-state index is 11.6. The van der Waals surface area contributed by atoms with Crippen molar-refractivity contribution in [1.82, 2.24) is 0 Å². The molecule has 0 radical (unpaired) electrons. The van der Waals surface area contributed by atoms with Gasteiger partial charge in [0.25, 0.3) is 0 Å². The molecular weight excluding hydrogens is 236 g/mol. The fraction of sp³-hybridized carbons (Fsp3) is 0.538. The van der Waals surface area contributed by atoms with Gasteiger partial charge in [0.15, 0.2) is 15.8 Å². The van der Waals surface area contributed by atoms with E-state index in [1.807, 2.05) is 13.0 Å². The molecule has 4 heteroatoms. The van der Waals surface area contributed by atoms with Gasteiger partial charge in [0, 0.05) is 5.56 Å². The molecule has 0 saturated heterocycles. The Balaban J connectivity index is 2.54. The third-order valence-electron chi connectivity index (χ3n) is 3.24. The summed E-state index contributed by atoms with van der Waals surface area (Å²) in [6, 6.07) is 4.02. The van der Waals surface area contributed by atoms with E-state index >= 15 is 0 Å². The minimum absolute atomic E-state index is 0.105. The summed E-state index contributed by atoms with van der Waals surface area (Å²) in [6.07, 6.45) is 1.02. The minimum Gasteiger partial charge on any atom is -0.477 e. The van der Waals surface area contributed by atoms with Crippen LogP contribution in [0.5, 0.6) is 5.75 Å². The zero-order chi connectivity index (χ0) is 12.6. The molecule has 1 aliphatic rings. The zero-order valence-electron chi connectivity index (χ0n) is 10.5. The average Bonchev–Trinajstić information content (AvgIpc) is 2.25. The van der Waals surface area contributed by atoms with Crippen LogP contribution in [0.25, 0.3) is 0 Å². The van der Waals surface area contributed by atoms with E-state index in [4.69, 9.17) is 4.74 Å². The number of benzene rings is 1. The van der Waals surface area contributed by atoms with E-state index in [2.05, 4.69) is 19.9 Å². The Hall–Kier alpha value is -1.03. The Kier molecular flexibility index (Phi) is 3.17. The molecule has 17 heavy (non-hydrogen) atoms. The molecule has 1 atom stereocenters. The van der Waals surface area contributed by atoms with Crippen LogP contribution >= 0.6 is 0 Å². The van der Waals surface area contributed by atoms with E-state index in [9.17, 15) is 8.42 Å². The van der Waals surface area contributed by atoms with Crippen LogP contribution in [0.1, 0.15) is 42.9 Å². The largest absolute Gasteiger partial charge is 0.477 e. The van der Waals surface area contributed by atoms with Gasteiger partial charge in [-0.15, -0.1) is 0 Å². The van der Waals surface area contributed by atoms with Crippen LogP contribution in [-0.4, -0.2) is 14.4 Å². The Labute approximate surface area is 103 Å². The molecule has 0 N–H and O–H groups in total. The molecule has 0 amide bonds. The molecular formula is C13H18O3S. The van der Waals surface area contributed by atoms with Crippen molar-refractivity contribution in [1.29, 1.82) is 0 Å². The SMILES string of the molecule is CCC(C)c1cc(C)cc2c1OCS(=O)(=O)C2. The van der Waals surface area contributed by atoms with Gasteiger partial charge in [0.1, 0.15) is 5.75 Å². The van der Waals surface area contributed by atoms with Crippen LogP contribution in [0.4, 0.5) is 0 Å². The molecule has 0 fully saturated rings. The van der Waals surface area contributed by atoms with Crippen molar-refractivity contribution in [3.8, 4) is 5.75 Å². The second-order valence-electron chi connectivity index (χ2n) is 4.80. The van der Waals surface area contributed by atoms with Gasteiger partial charge in [-0.2, -0.15) is 0 Å². The first-order chi connectivity index (χ1) is 7.93. The minimum atomic E-state index is -3.08. The number of aryl methyl sites for hydroxylation is 1. The quantitative estimate of drug-likeness (QED) is 0.815. The summed E-state index contributed by atoms with van der Waals surface area (Å²) in [5, 5.41) is 0. The van der Waals surface area contributed by atoms with Gasteiger partial charge in [-0.3, -0.25) is 0 Å². The lowest BCUT2D eigenvalue weighted by atomic mass is 9.94. The molecule has 0 aromatic heterocycles. The summed E-state index contributed by atoms with van der Waals surface area (Å²) < 4.78 is 28.6. The summed E-state index contributed by atoms with van der Waals surface area (Å²) in [5.74, 6) is 1.10. The Morgan fingerprint density at radius 1 is 1.41 bits per heavy atom. The third kappa shape index (κ3) is 2.46. The number of rotatable bonds is 2. The van der Waals surface area contributed by atoms with E-state index in [1.54, 1.807) is 0 Å². The number of fused-ring (bicyclic) bond motifs is 1. The van der Waals surface area contributed by atoms with E-state index in [1.165, 1.54) is 0 Å². The maximum absolute atomic E-state index is 11.6. The second-order valence-corrected chi connectivity index (χ2v) is 6.81. The van der Waals surface area contributed by atoms with Crippen molar-refractivity contribution in [3.63, 3.8) is 0 Å². The standard InChI is InChI=1S/C13H18O3S/c1-4-10(3)12-6-9(2)5-11-7-17(14,15)8-16-13(11)12/h5-6,10H,4,7-8H2,1-3H3. The van der Waals surface area contributed by atoms with Crippen molar-refractivity contribution in [3.05, 3.63) is 28.8 Å². The zero-order valence-corrected chi connectivity index (χ0v) is 11.3. The topological polar surface area (TPSA) is 43.4 Å². The molecule has 0 saturated carbocycles. The molecule has 1 aromatic rings. The Morgan fingerprint density at radius 2 is 2.12 bits per heavy atom. The summed E-state index contributed by atoms with van der Waals surface area (Å²) in [4.78, 5) is 0. The van der Waals surface area contributed by atoms with E-state index in [0.29, 0.717) is 5.92 Å². The van der Waals surface area contributed by atoms with Gasteiger partial charge in [-0.05, 0) is 24.8 Å². The predicted octanol–water partition coefficient (Wildman–Crippen LogP) is 2.77. The third-order valence-corrected chi connectivity index (χ3v) is 4.47.